The molecule has 2 aromatic carbocycles. The number of carbonyl (C=O) groups is 1. The highest BCUT2D eigenvalue weighted by molar-refractivity contribution is 6.33. The standard InChI is InChI=1S/C35H36Cl2F2N4O4/c1-45-14-2-3-23-15-22(29(36)18-41-23)19-43(24-6-7-24)35(44)28-17-40-13-12-27(28)21-4-8-25(9-5-21)46-20-26-16-32(42-47-26)33-30(38)10-11-31(39)34(33)37/h4-5,8-11,15-16,18,24,27-28,40H,2-3,6-7,12-14,17,19-20H2,1H3/t27-,28+/m1/s1. The normalized spacial score (nSPS) is 17.9. The van der Waals surface area contributed by atoms with Crippen molar-refractivity contribution in [1.29, 1.82) is 0 Å². The van der Waals surface area contributed by atoms with Crippen molar-refractivity contribution in [3.63, 3.8) is 0 Å². The summed E-state index contributed by atoms with van der Waals surface area (Å²) in [5.74, 6) is -0.583. The van der Waals surface area contributed by atoms with Crippen LogP contribution in [0, 0.1) is 17.6 Å². The molecule has 1 saturated carbocycles. The van der Waals surface area contributed by atoms with Gasteiger partial charge in [0, 0.05) is 50.8 Å². The van der Waals surface area contributed by atoms with Gasteiger partial charge in [0.1, 0.15) is 29.7 Å². The number of piperidine rings is 1. The SMILES string of the molecule is COCCCc1cc(CN(C(=O)[C@H]2CNCC[C@@H]2c2ccc(OCc3cc(-c4c(F)ccc(F)c4Cl)no3)cc2)C2CC2)c(Cl)cn1. The van der Waals surface area contributed by atoms with Gasteiger partial charge in [-0.2, -0.15) is 0 Å². The topological polar surface area (TPSA) is 89.7 Å². The highest BCUT2D eigenvalue weighted by Crippen LogP contribution is 2.37. The lowest BCUT2D eigenvalue weighted by atomic mass is 9.80. The molecule has 47 heavy (non-hydrogen) atoms. The van der Waals surface area contributed by atoms with E-state index in [-0.39, 0.29) is 46.7 Å². The van der Waals surface area contributed by atoms with Gasteiger partial charge in [0.2, 0.25) is 5.91 Å². The number of aryl methyl sites for hydroxylation is 1. The maximum atomic E-state index is 14.3. The molecule has 2 aromatic heterocycles. The zero-order valence-electron chi connectivity index (χ0n) is 26.0. The average molecular weight is 686 g/mol. The fraction of sp³-hybridized carbons (Fsp3) is 0.400. The van der Waals surface area contributed by atoms with Crippen molar-refractivity contribution >= 4 is 29.1 Å². The maximum absolute atomic E-state index is 14.3. The number of benzene rings is 2. The first-order valence-corrected chi connectivity index (χ1v) is 16.5. The Balaban J connectivity index is 1.11. The summed E-state index contributed by atoms with van der Waals surface area (Å²) in [7, 11) is 1.69. The van der Waals surface area contributed by atoms with E-state index in [9.17, 15) is 13.6 Å². The van der Waals surface area contributed by atoms with E-state index >= 15 is 0 Å². The number of methoxy groups -OCH3 is 1. The van der Waals surface area contributed by atoms with E-state index in [0.717, 1.165) is 67.6 Å². The van der Waals surface area contributed by atoms with Crippen molar-refractivity contribution in [1.82, 2.24) is 20.4 Å². The minimum atomic E-state index is -0.747. The average Bonchev–Trinajstić information content (AvgIpc) is 3.83. The number of pyridine rings is 1. The number of amides is 1. The van der Waals surface area contributed by atoms with E-state index in [1.165, 1.54) is 6.07 Å². The number of carbonyl (C=O) groups excluding carboxylic acids is 1. The maximum Gasteiger partial charge on any atom is 0.228 e. The summed E-state index contributed by atoms with van der Waals surface area (Å²) in [4.78, 5) is 20.7. The van der Waals surface area contributed by atoms with Crippen LogP contribution in [0.25, 0.3) is 11.3 Å². The Bertz CT molecular complexity index is 1700. The van der Waals surface area contributed by atoms with E-state index in [0.29, 0.717) is 36.2 Å². The quantitative estimate of drug-likeness (QED) is 0.116. The molecule has 2 fully saturated rings. The lowest BCUT2D eigenvalue weighted by molar-refractivity contribution is -0.138. The number of aromatic nitrogens is 2. The van der Waals surface area contributed by atoms with Crippen molar-refractivity contribution in [2.24, 2.45) is 5.92 Å². The van der Waals surface area contributed by atoms with Crippen LogP contribution in [0.15, 0.2) is 59.3 Å². The van der Waals surface area contributed by atoms with E-state index in [4.69, 9.17) is 37.2 Å². The molecular weight excluding hydrogens is 649 g/mol. The van der Waals surface area contributed by atoms with E-state index in [2.05, 4.69) is 15.5 Å². The Morgan fingerprint density at radius 3 is 2.64 bits per heavy atom. The van der Waals surface area contributed by atoms with Gasteiger partial charge in [-0.05, 0) is 86.0 Å². The molecule has 6 rings (SSSR count). The Labute approximate surface area is 282 Å². The first-order valence-electron chi connectivity index (χ1n) is 15.8. The van der Waals surface area contributed by atoms with Crippen LogP contribution in [0.2, 0.25) is 10.0 Å². The van der Waals surface area contributed by atoms with Crippen LogP contribution in [-0.4, -0.2) is 53.8 Å². The van der Waals surface area contributed by atoms with Gasteiger partial charge in [0.15, 0.2) is 5.76 Å². The Hall–Kier alpha value is -3.57. The summed E-state index contributed by atoms with van der Waals surface area (Å²) >= 11 is 12.5. The molecule has 1 N–H and O–H groups in total. The van der Waals surface area contributed by atoms with E-state index < -0.39 is 11.6 Å². The molecule has 1 aliphatic carbocycles. The van der Waals surface area contributed by atoms with Gasteiger partial charge in [0.05, 0.1) is 21.5 Å². The van der Waals surface area contributed by atoms with Gasteiger partial charge in [-0.15, -0.1) is 0 Å². The summed E-state index contributed by atoms with van der Waals surface area (Å²) in [6.45, 7) is 2.56. The van der Waals surface area contributed by atoms with E-state index in [1.807, 2.05) is 35.2 Å². The molecule has 2 atom stereocenters. The zero-order chi connectivity index (χ0) is 32.9. The Morgan fingerprint density at radius 2 is 1.87 bits per heavy atom. The van der Waals surface area contributed by atoms with Crippen molar-refractivity contribution < 1.29 is 27.6 Å². The molecule has 2 aliphatic rings. The Kier molecular flexibility index (Phi) is 10.7. The second-order valence-electron chi connectivity index (χ2n) is 12.0. The van der Waals surface area contributed by atoms with Gasteiger partial charge >= 0.3 is 0 Å². The van der Waals surface area contributed by atoms with Gasteiger partial charge in [0.25, 0.3) is 0 Å². The van der Waals surface area contributed by atoms with Gasteiger partial charge < -0.3 is 24.2 Å². The van der Waals surface area contributed by atoms with Crippen LogP contribution in [0.5, 0.6) is 5.75 Å². The van der Waals surface area contributed by atoms with Crippen LogP contribution in [0.3, 0.4) is 0 Å². The van der Waals surface area contributed by atoms with Crippen LogP contribution < -0.4 is 10.1 Å². The first kappa shape index (κ1) is 33.3. The molecule has 1 amide bonds. The predicted molar refractivity (Wildman–Crippen MR) is 174 cm³/mol. The van der Waals surface area contributed by atoms with Crippen molar-refractivity contribution in [2.75, 3.05) is 26.8 Å². The second kappa shape index (κ2) is 15.1. The number of rotatable bonds is 13. The van der Waals surface area contributed by atoms with Gasteiger partial charge in [-0.3, -0.25) is 9.78 Å². The number of ether oxygens (including phenoxy) is 2. The summed E-state index contributed by atoms with van der Waals surface area (Å²) in [6, 6.07) is 13.4. The number of halogens is 4. The van der Waals surface area contributed by atoms with Gasteiger partial charge in [-0.25, -0.2) is 8.78 Å². The zero-order valence-corrected chi connectivity index (χ0v) is 27.5. The molecule has 0 bridgehead atoms. The molecule has 0 radical (unpaired) electrons. The molecular formula is C35H36Cl2F2N4O4. The number of hydrogen-bond donors (Lipinski definition) is 1. The molecule has 12 heteroatoms. The van der Waals surface area contributed by atoms with Crippen LogP contribution in [0.4, 0.5) is 8.78 Å². The molecule has 8 nitrogen and oxygen atoms in total. The number of nitrogens with one attached hydrogen (secondary N) is 1. The molecule has 1 saturated heterocycles. The fourth-order valence-corrected chi connectivity index (χ4v) is 6.51. The third-order valence-electron chi connectivity index (χ3n) is 8.73. The van der Waals surface area contributed by atoms with Crippen molar-refractivity contribution in [3.05, 3.63) is 99.0 Å². The second-order valence-corrected chi connectivity index (χ2v) is 12.8. The highest BCUT2D eigenvalue weighted by Gasteiger charge is 2.40. The smallest absolute Gasteiger partial charge is 0.228 e. The molecule has 0 unspecified atom stereocenters. The van der Waals surface area contributed by atoms with Crippen molar-refractivity contribution in [2.45, 2.75) is 57.2 Å². The minimum absolute atomic E-state index is 0.0252. The largest absolute Gasteiger partial charge is 0.486 e. The lowest BCUT2D eigenvalue weighted by Gasteiger charge is -2.36. The van der Waals surface area contributed by atoms with Crippen LogP contribution in [0.1, 0.15) is 54.2 Å². The summed E-state index contributed by atoms with van der Waals surface area (Å²) in [5, 5.41) is 7.48. The van der Waals surface area contributed by atoms with Crippen molar-refractivity contribution in [3.8, 4) is 17.0 Å². The highest BCUT2D eigenvalue weighted by atomic mass is 35.5. The molecule has 248 valence electrons. The molecule has 4 aromatic rings. The Morgan fingerprint density at radius 1 is 1.09 bits per heavy atom. The third-order valence-corrected chi connectivity index (χ3v) is 9.44. The fourth-order valence-electron chi connectivity index (χ4n) is 6.10. The first-order chi connectivity index (χ1) is 22.8. The molecule has 1 aliphatic heterocycles. The minimum Gasteiger partial charge on any atom is -0.486 e. The number of hydrogen-bond acceptors (Lipinski definition) is 7. The predicted octanol–water partition coefficient (Wildman–Crippen LogP) is 7.36. The molecule has 0 spiro atoms. The third kappa shape index (κ3) is 7.95. The monoisotopic (exact) mass is 684 g/mol. The van der Waals surface area contributed by atoms with Crippen LogP contribution >= 0.6 is 23.2 Å². The summed E-state index contributed by atoms with van der Waals surface area (Å²) in [5.41, 5.74) is 2.84. The lowest BCUT2D eigenvalue weighted by Crippen LogP contribution is -2.47. The van der Waals surface area contributed by atoms with Gasteiger partial charge in [-0.1, -0.05) is 40.5 Å². The van der Waals surface area contributed by atoms with Crippen LogP contribution in [-0.2, 0) is 29.1 Å². The molecule has 3 heterocycles. The number of nitrogens with zero attached hydrogens (tertiary/aromatic N) is 3. The summed E-state index contributed by atoms with van der Waals surface area (Å²) in [6.07, 6.45) is 6.14. The van der Waals surface area contributed by atoms with E-state index in [1.54, 1.807) is 13.3 Å². The summed E-state index contributed by atoms with van der Waals surface area (Å²) < 4.78 is 44.5.